The molecular weight excluding hydrogens is 412 g/mol. The number of aromatic nitrogens is 5. The second kappa shape index (κ2) is 8.99. The lowest BCUT2D eigenvalue weighted by molar-refractivity contribution is -0.125. The maximum absolute atomic E-state index is 13.0. The molecule has 0 unspecified atom stereocenters. The Labute approximate surface area is 183 Å². The zero-order valence-corrected chi connectivity index (χ0v) is 17.6. The Morgan fingerprint density at radius 1 is 1.47 bits per heavy atom. The Bertz CT molecular complexity index is 1270. The largest absolute Gasteiger partial charge is 0.383 e. The van der Waals surface area contributed by atoms with Crippen LogP contribution in [0.3, 0.4) is 0 Å². The normalized spacial score (nSPS) is 15.6. The van der Waals surface area contributed by atoms with E-state index in [1.807, 2.05) is 6.07 Å². The molecule has 1 aliphatic rings. The lowest BCUT2D eigenvalue weighted by Crippen LogP contribution is -2.31. The van der Waals surface area contributed by atoms with E-state index < -0.39 is 5.56 Å². The van der Waals surface area contributed by atoms with Crippen molar-refractivity contribution in [1.29, 1.82) is 5.26 Å². The summed E-state index contributed by atoms with van der Waals surface area (Å²) >= 11 is 0. The summed E-state index contributed by atoms with van der Waals surface area (Å²) in [5, 5.41) is 17.3. The number of amides is 1. The molecule has 32 heavy (non-hydrogen) atoms. The van der Waals surface area contributed by atoms with Crippen LogP contribution in [0.5, 0.6) is 0 Å². The summed E-state index contributed by atoms with van der Waals surface area (Å²) in [6, 6.07) is 3.13. The molecule has 1 saturated heterocycles. The summed E-state index contributed by atoms with van der Waals surface area (Å²) in [6.07, 6.45) is 6.84. The van der Waals surface area contributed by atoms with Gasteiger partial charge in [0.15, 0.2) is 0 Å². The number of rotatable bonds is 7. The van der Waals surface area contributed by atoms with Gasteiger partial charge in [0, 0.05) is 38.0 Å². The minimum Gasteiger partial charge on any atom is -0.383 e. The van der Waals surface area contributed by atoms with Crippen LogP contribution in [0.25, 0.3) is 11.0 Å². The average Bonchev–Trinajstić information content (AvgIpc) is 3.46. The molecule has 0 radical (unpaired) electrons. The summed E-state index contributed by atoms with van der Waals surface area (Å²) in [5.41, 5.74) is 0.660. The molecule has 0 bridgehead atoms. The number of hydrogen-bond donors (Lipinski definition) is 1. The molecule has 0 spiro atoms. The van der Waals surface area contributed by atoms with Crippen molar-refractivity contribution in [3.8, 4) is 6.07 Å². The zero-order chi connectivity index (χ0) is 22.7. The first kappa shape index (κ1) is 21.2. The van der Waals surface area contributed by atoms with Gasteiger partial charge in [0.05, 0.1) is 31.1 Å². The van der Waals surface area contributed by atoms with Crippen molar-refractivity contribution in [3.63, 3.8) is 0 Å². The second-order valence-corrected chi connectivity index (χ2v) is 7.36. The van der Waals surface area contributed by atoms with Crippen LogP contribution in [-0.4, -0.2) is 61.9 Å². The molecule has 1 aliphatic heterocycles. The van der Waals surface area contributed by atoms with Crippen LogP contribution in [0.15, 0.2) is 42.1 Å². The quantitative estimate of drug-likeness (QED) is 0.549. The maximum atomic E-state index is 13.0. The number of likely N-dealkylation sites (tertiary alicyclic amines) is 1. The standard InChI is InChI=1S/C21H22N8O3/c1-3-18(30)27-5-4-17(13-27)29-19-15(8-14(9-22)20(29)31)10-23-21(26-19)25-16-11-24-28(12-16)6-7-32-2/h3,8,10-12,17H,1,4-7,13H2,2H3,(H,23,25,26)/t17-/m1/s1. The summed E-state index contributed by atoms with van der Waals surface area (Å²) in [7, 11) is 1.62. The van der Waals surface area contributed by atoms with E-state index in [0.717, 1.165) is 0 Å². The van der Waals surface area contributed by atoms with Gasteiger partial charge < -0.3 is 15.0 Å². The first-order valence-electron chi connectivity index (χ1n) is 10.1. The fourth-order valence-electron chi connectivity index (χ4n) is 3.75. The Hall–Kier alpha value is -4.04. The van der Waals surface area contributed by atoms with E-state index >= 15 is 0 Å². The summed E-state index contributed by atoms with van der Waals surface area (Å²) in [4.78, 5) is 35.5. The van der Waals surface area contributed by atoms with Crippen LogP contribution in [0, 0.1) is 11.3 Å². The van der Waals surface area contributed by atoms with Gasteiger partial charge in [-0.3, -0.25) is 18.8 Å². The van der Waals surface area contributed by atoms with E-state index in [1.54, 1.807) is 35.3 Å². The van der Waals surface area contributed by atoms with Crippen LogP contribution in [0.2, 0.25) is 0 Å². The van der Waals surface area contributed by atoms with Crippen molar-refractivity contribution in [2.75, 3.05) is 32.1 Å². The van der Waals surface area contributed by atoms with Crippen molar-refractivity contribution < 1.29 is 9.53 Å². The first-order chi connectivity index (χ1) is 15.5. The van der Waals surface area contributed by atoms with Crippen LogP contribution in [0.1, 0.15) is 18.0 Å². The lowest BCUT2D eigenvalue weighted by Gasteiger charge is -2.18. The third-order valence-corrected chi connectivity index (χ3v) is 5.32. The highest BCUT2D eigenvalue weighted by Gasteiger charge is 2.29. The second-order valence-electron chi connectivity index (χ2n) is 7.36. The van der Waals surface area contributed by atoms with E-state index in [4.69, 9.17) is 4.74 Å². The van der Waals surface area contributed by atoms with Gasteiger partial charge in [-0.25, -0.2) is 4.98 Å². The average molecular weight is 434 g/mol. The number of methoxy groups -OCH3 is 1. The van der Waals surface area contributed by atoms with Crippen LogP contribution in [0.4, 0.5) is 11.6 Å². The highest BCUT2D eigenvalue weighted by Crippen LogP contribution is 2.25. The molecule has 0 aromatic carbocycles. The molecular formula is C21H22N8O3. The molecule has 11 nitrogen and oxygen atoms in total. The Morgan fingerprint density at radius 2 is 2.31 bits per heavy atom. The number of pyridine rings is 1. The SMILES string of the molecule is C=CC(=O)N1CC[C@@H](n2c(=O)c(C#N)cc3cnc(Nc4cnn(CCOC)c4)nc32)C1. The van der Waals surface area contributed by atoms with Crippen molar-refractivity contribution >= 4 is 28.6 Å². The molecule has 1 fully saturated rings. The fraction of sp³-hybridized carbons (Fsp3) is 0.333. The predicted molar refractivity (Wildman–Crippen MR) is 116 cm³/mol. The highest BCUT2D eigenvalue weighted by molar-refractivity contribution is 5.87. The highest BCUT2D eigenvalue weighted by atomic mass is 16.5. The topological polar surface area (TPSA) is 131 Å². The van der Waals surface area contributed by atoms with Crippen molar-refractivity contribution in [1.82, 2.24) is 29.2 Å². The van der Waals surface area contributed by atoms with Crippen molar-refractivity contribution in [3.05, 3.63) is 53.2 Å². The number of ether oxygens (including phenoxy) is 1. The Balaban J connectivity index is 1.70. The third-order valence-electron chi connectivity index (χ3n) is 5.32. The van der Waals surface area contributed by atoms with Gasteiger partial charge in [0.1, 0.15) is 17.3 Å². The van der Waals surface area contributed by atoms with E-state index in [2.05, 4.69) is 27.0 Å². The van der Waals surface area contributed by atoms with E-state index in [1.165, 1.54) is 16.7 Å². The van der Waals surface area contributed by atoms with Gasteiger partial charge >= 0.3 is 0 Å². The number of carbonyl (C=O) groups is 1. The number of anilines is 2. The lowest BCUT2D eigenvalue weighted by atomic mass is 10.2. The predicted octanol–water partition coefficient (Wildman–Crippen LogP) is 1.21. The molecule has 11 heteroatoms. The van der Waals surface area contributed by atoms with Gasteiger partial charge in [-0.05, 0) is 18.6 Å². The third kappa shape index (κ3) is 4.08. The minimum absolute atomic E-state index is 0.00901. The van der Waals surface area contributed by atoms with Crippen molar-refractivity contribution in [2.45, 2.75) is 19.0 Å². The fourth-order valence-corrected chi connectivity index (χ4v) is 3.75. The summed E-state index contributed by atoms with van der Waals surface area (Å²) < 4.78 is 8.28. The van der Waals surface area contributed by atoms with Gasteiger partial charge in [-0.1, -0.05) is 6.58 Å². The number of fused-ring (bicyclic) bond motifs is 1. The van der Waals surface area contributed by atoms with Gasteiger partial charge in [0.2, 0.25) is 11.9 Å². The van der Waals surface area contributed by atoms with Crippen LogP contribution in [-0.2, 0) is 16.1 Å². The minimum atomic E-state index is -0.435. The molecule has 4 heterocycles. The number of nitrogens with one attached hydrogen (secondary N) is 1. The smallest absolute Gasteiger partial charge is 0.270 e. The number of nitriles is 1. The zero-order valence-electron chi connectivity index (χ0n) is 17.6. The van der Waals surface area contributed by atoms with Gasteiger partial charge in [-0.15, -0.1) is 0 Å². The molecule has 3 aromatic heterocycles. The van der Waals surface area contributed by atoms with E-state index in [0.29, 0.717) is 55.3 Å². The maximum Gasteiger partial charge on any atom is 0.270 e. The molecule has 1 amide bonds. The van der Waals surface area contributed by atoms with E-state index in [9.17, 15) is 14.9 Å². The van der Waals surface area contributed by atoms with Crippen molar-refractivity contribution in [2.24, 2.45) is 0 Å². The van der Waals surface area contributed by atoms with Gasteiger partial charge in [-0.2, -0.15) is 15.3 Å². The number of nitrogens with zero attached hydrogens (tertiary/aromatic N) is 7. The number of carbonyl (C=O) groups excluding carboxylic acids is 1. The van der Waals surface area contributed by atoms with Gasteiger partial charge in [0.25, 0.3) is 5.56 Å². The van der Waals surface area contributed by atoms with Crippen LogP contribution < -0.4 is 10.9 Å². The monoisotopic (exact) mass is 434 g/mol. The van der Waals surface area contributed by atoms with E-state index in [-0.39, 0.29) is 17.5 Å². The first-order valence-corrected chi connectivity index (χ1v) is 10.1. The molecule has 0 saturated carbocycles. The molecule has 164 valence electrons. The molecule has 3 aromatic rings. The summed E-state index contributed by atoms with van der Waals surface area (Å²) in [5.74, 6) is 0.0995. The molecule has 1 atom stereocenters. The molecule has 4 rings (SSSR count). The Morgan fingerprint density at radius 3 is 3.06 bits per heavy atom. The Kier molecular flexibility index (Phi) is 5.96. The van der Waals surface area contributed by atoms with Crippen LogP contribution >= 0.6 is 0 Å². The molecule has 0 aliphatic carbocycles. The molecule has 1 N–H and O–H groups in total. The summed E-state index contributed by atoms with van der Waals surface area (Å²) in [6.45, 7) is 5.50. The number of hydrogen-bond acceptors (Lipinski definition) is 8.